The molecule has 4 rings (SSSR count). The lowest BCUT2D eigenvalue weighted by molar-refractivity contribution is -0.122. The van der Waals surface area contributed by atoms with E-state index in [9.17, 15) is 4.79 Å². The Morgan fingerprint density at radius 2 is 2.33 bits per heavy atom. The number of hydrogen-bond acceptors (Lipinski definition) is 5. The Balaban J connectivity index is 1.52. The minimum Gasteiger partial charge on any atom is -0.354 e. The number of aromatic nitrogens is 3. The molecule has 2 aromatic heterocycles. The third-order valence-electron chi connectivity index (χ3n) is 5.16. The second-order valence-corrected chi connectivity index (χ2v) is 7.11. The van der Waals surface area contributed by atoms with E-state index < -0.39 is 5.54 Å². The van der Waals surface area contributed by atoms with E-state index in [1.807, 2.05) is 6.20 Å². The predicted octanol–water partition coefficient (Wildman–Crippen LogP) is 0.954. The first kappa shape index (κ1) is 15.4. The number of hydrogen-bond donors (Lipinski definition) is 3. The van der Waals surface area contributed by atoms with Crippen LogP contribution in [0.2, 0.25) is 0 Å². The van der Waals surface area contributed by atoms with Gasteiger partial charge in [0.25, 0.3) is 0 Å². The zero-order chi connectivity index (χ0) is 16.7. The lowest BCUT2D eigenvalue weighted by Gasteiger charge is -2.25. The Kier molecular flexibility index (Phi) is 3.68. The number of nitrogens with two attached hydrogens (primary N) is 1. The van der Waals surface area contributed by atoms with Gasteiger partial charge in [0.05, 0.1) is 10.9 Å². The summed E-state index contributed by atoms with van der Waals surface area (Å²) in [5, 5.41) is 4.11. The predicted molar refractivity (Wildman–Crippen MR) is 92.7 cm³/mol. The van der Waals surface area contributed by atoms with Gasteiger partial charge in [-0.15, -0.1) is 0 Å². The SMILES string of the molecule is CCc1c[nH]c2ncnc(N3CC[C@](N)(CNC(=O)C4CC4)C3)c12. The second-order valence-electron chi connectivity index (χ2n) is 7.11. The number of H-pyrrole nitrogens is 1. The molecule has 1 atom stereocenters. The number of amides is 1. The zero-order valence-corrected chi connectivity index (χ0v) is 14.0. The molecule has 7 nitrogen and oxygen atoms in total. The van der Waals surface area contributed by atoms with Crippen molar-refractivity contribution >= 4 is 22.8 Å². The number of nitrogens with zero attached hydrogens (tertiary/aromatic N) is 3. The number of nitrogens with one attached hydrogen (secondary N) is 2. The van der Waals surface area contributed by atoms with Crippen molar-refractivity contribution in [2.24, 2.45) is 11.7 Å². The third kappa shape index (κ3) is 2.73. The number of aryl methyl sites for hydroxylation is 1. The minimum atomic E-state index is -0.398. The highest BCUT2D eigenvalue weighted by Crippen LogP contribution is 2.32. The maximum absolute atomic E-state index is 11.9. The molecule has 1 aliphatic heterocycles. The van der Waals surface area contributed by atoms with Crippen molar-refractivity contribution in [2.45, 2.75) is 38.1 Å². The molecule has 0 spiro atoms. The first-order valence-corrected chi connectivity index (χ1v) is 8.72. The Morgan fingerprint density at radius 1 is 1.50 bits per heavy atom. The lowest BCUT2D eigenvalue weighted by atomic mass is 10.0. The fourth-order valence-corrected chi connectivity index (χ4v) is 3.50. The van der Waals surface area contributed by atoms with Gasteiger partial charge in [-0.1, -0.05) is 6.92 Å². The van der Waals surface area contributed by atoms with Crippen LogP contribution in [0, 0.1) is 5.92 Å². The normalized spacial score (nSPS) is 23.8. The smallest absolute Gasteiger partial charge is 0.223 e. The molecule has 1 saturated carbocycles. The Morgan fingerprint density at radius 3 is 3.08 bits per heavy atom. The van der Waals surface area contributed by atoms with E-state index in [4.69, 9.17) is 5.73 Å². The molecule has 0 unspecified atom stereocenters. The van der Waals surface area contributed by atoms with Crippen molar-refractivity contribution in [3.05, 3.63) is 18.1 Å². The molecule has 0 bridgehead atoms. The average molecular weight is 328 g/mol. The molecular formula is C17H24N6O. The largest absolute Gasteiger partial charge is 0.354 e. The van der Waals surface area contributed by atoms with E-state index in [-0.39, 0.29) is 11.8 Å². The number of anilines is 1. The van der Waals surface area contributed by atoms with Crippen LogP contribution >= 0.6 is 0 Å². The maximum Gasteiger partial charge on any atom is 0.223 e. The first-order chi connectivity index (χ1) is 11.6. The van der Waals surface area contributed by atoms with Crippen LogP contribution in [0.15, 0.2) is 12.5 Å². The van der Waals surface area contributed by atoms with Crippen LogP contribution in [-0.2, 0) is 11.2 Å². The fraction of sp³-hybridized carbons (Fsp3) is 0.588. The van der Waals surface area contributed by atoms with Crippen molar-refractivity contribution < 1.29 is 4.79 Å². The van der Waals surface area contributed by atoms with E-state index in [0.717, 1.165) is 49.1 Å². The van der Waals surface area contributed by atoms with Crippen LogP contribution < -0.4 is 16.0 Å². The van der Waals surface area contributed by atoms with Crippen molar-refractivity contribution in [1.82, 2.24) is 20.3 Å². The van der Waals surface area contributed by atoms with Gasteiger partial charge in [-0.25, -0.2) is 9.97 Å². The van der Waals surface area contributed by atoms with Gasteiger partial charge in [0.1, 0.15) is 17.8 Å². The molecule has 1 saturated heterocycles. The summed E-state index contributed by atoms with van der Waals surface area (Å²) in [5.74, 6) is 1.32. The number of rotatable bonds is 5. The van der Waals surface area contributed by atoms with E-state index in [1.54, 1.807) is 6.33 Å². The van der Waals surface area contributed by atoms with E-state index in [0.29, 0.717) is 13.1 Å². The summed E-state index contributed by atoms with van der Waals surface area (Å²) in [7, 11) is 0. The van der Waals surface area contributed by atoms with Crippen molar-refractivity contribution in [2.75, 3.05) is 24.5 Å². The molecule has 1 amide bonds. The topological polar surface area (TPSA) is 99.9 Å². The molecule has 0 aromatic carbocycles. The Labute approximate surface area is 141 Å². The summed E-state index contributed by atoms with van der Waals surface area (Å²) in [6.07, 6.45) is 7.40. The quantitative estimate of drug-likeness (QED) is 0.759. The number of carbonyl (C=O) groups is 1. The summed E-state index contributed by atoms with van der Waals surface area (Å²) < 4.78 is 0. The van der Waals surface area contributed by atoms with Crippen LogP contribution in [0.25, 0.3) is 11.0 Å². The van der Waals surface area contributed by atoms with Crippen LogP contribution in [0.5, 0.6) is 0 Å². The lowest BCUT2D eigenvalue weighted by Crippen LogP contribution is -2.52. The van der Waals surface area contributed by atoms with Gasteiger partial charge < -0.3 is 20.9 Å². The van der Waals surface area contributed by atoms with Crippen LogP contribution in [0.3, 0.4) is 0 Å². The summed E-state index contributed by atoms with van der Waals surface area (Å²) in [6, 6.07) is 0. The van der Waals surface area contributed by atoms with E-state index >= 15 is 0 Å². The highest BCUT2D eigenvalue weighted by Gasteiger charge is 2.38. The molecule has 0 radical (unpaired) electrons. The Hall–Kier alpha value is -2.15. The molecule has 128 valence electrons. The van der Waals surface area contributed by atoms with Gasteiger partial charge in [-0.2, -0.15) is 0 Å². The highest BCUT2D eigenvalue weighted by atomic mass is 16.2. The molecule has 1 aliphatic carbocycles. The molecule has 2 aromatic rings. The van der Waals surface area contributed by atoms with Gasteiger partial charge >= 0.3 is 0 Å². The molecule has 2 aliphatic rings. The van der Waals surface area contributed by atoms with Gasteiger partial charge in [0.15, 0.2) is 0 Å². The number of aromatic amines is 1. The summed E-state index contributed by atoms with van der Waals surface area (Å²) in [6.45, 7) is 4.19. The van der Waals surface area contributed by atoms with E-state index in [2.05, 4.69) is 32.1 Å². The summed E-state index contributed by atoms with van der Waals surface area (Å²) in [4.78, 5) is 26.2. The minimum absolute atomic E-state index is 0.154. The van der Waals surface area contributed by atoms with Gasteiger partial charge in [-0.05, 0) is 31.2 Å². The monoisotopic (exact) mass is 328 g/mol. The van der Waals surface area contributed by atoms with Crippen LogP contribution in [-0.4, -0.2) is 46.0 Å². The molecule has 2 fully saturated rings. The molecule has 4 N–H and O–H groups in total. The van der Waals surface area contributed by atoms with E-state index in [1.165, 1.54) is 5.56 Å². The summed E-state index contributed by atoms with van der Waals surface area (Å²) >= 11 is 0. The van der Waals surface area contributed by atoms with Crippen molar-refractivity contribution in [3.63, 3.8) is 0 Å². The zero-order valence-electron chi connectivity index (χ0n) is 14.0. The molecule has 3 heterocycles. The highest BCUT2D eigenvalue weighted by molar-refractivity contribution is 5.91. The molecule has 7 heteroatoms. The molecule has 24 heavy (non-hydrogen) atoms. The van der Waals surface area contributed by atoms with Crippen LogP contribution in [0.4, 0.5) is 5.82 Å². The first-order valence-electron chi connectivity index (χ1n) is 8.72. The standard InChI is InChI=1S/C17H24N6O/c1-2-11-7-19-14-13(11)15(22-10-21-14)23-6-5-17(18,9-23)8-20-16(24)12-3-4-12/h7,10,12H,2-6,8-9,18H2,1H3,(H,20,24)(H,19,21,22)/t17-/m0/s1. The van der Waals surface area contributed by atoms with Gasteiger partial charge in [-0.3, -0.25) is 4.79 Å². The number of carbonyl (C=O) groups excluding carboxylic acids is 1. The second kappa shape index (κ2) is 5.73. The molecular weight excluding hydrogens is 304 g/mol. The van der Waals surface area contributed by atoms with Crippen molar-refractivity contribution in [3.8, 4) is 0 Å². The third-order valence-corrected chi connectivity index (χ3v) is 5.16. The number of fused-ring (bicyclic) bond motifs is 1. The van der Waals surface area contributed by atoms with Crippen molar-refractivity contribution in [1.29, 1.82) is 0 Å². The summed E-state index contributed by atoms with van der Waals surface area (Å²) in [5.41, 5.74) is 8.23. The van der Waals surface area contributed by atoms with Gasteiger partial charge in [0.2, 0.25) is 5.91 Å². The van der Waals surface area contributed by atoms with Gasteiger partial charge in [0, 0.05) is 31.7 Å². The Bertz CT molecular complexity index is 768. The fourth-order valence-electron chi connectivity index (χ4n) is 3.50. The maximum atomic E-state index is 11.9. The average Bonchev–Trinajstić information content (AvgIpc) is 3.24. The van der Waals surface area contributed by atoms with Crippen LogP contribution in [0.1, 0.15) is 31.7 Å².